The van der Waals surface area contributed by atoms with Crippen LogP contribution < -0.4 is 0 Å². The highest BCUT2D eigenvalue weighted by Gasteiger charge is 2.19. The molecule has 1 unspecified atom stereocenters. The van der Waals surface area contributed by atoms with E-state index >= 15 is 0 Å². The van der Waals surface area contributed by atoms with E-state index in [4.69, 9.17) is 9.84 Å². The Morgan fingerprint density at radius 1 is 1.39 bits per heavy atom. The topological polar surface area (TPSA) is 46.5 Å². The summed E-state index contributed by atoms with van der Waals surface area (Å²) in [5.74, 6) is -1.85. The van der Waals surface area contributed by atoms with E-state index in [9.17, 15) is 9.18 Å². The first kappa shape index (κ1) is 14.6. The van der Waals surface area contributed by atoms with Gasteiger partial charge in [0.15, 0.2) is 0 Å². The van der Waals surface area contributed by atoms with Crippen molar-refractivity contribution in [3.63, 3.8) is 0 Å². The van der Waals surface area contributed by atoms with E-state index in [1.165, 1.54) is 6.07 Å². The van der Waals surface area contributed by atoms with Crippen molar-refractivity contribution < 1.29 is 19.0 Å². The number of carboxylic acid groups (broad SMARTS) is 1. The van der Waals surface area contributed by atoms with E-state index in [0.717, 1.165) is 6.42 Å². The molecule has 0 radical (unpaired) electrons. The maximum Gasteiger partial charge on any atom is 0.306 e. The fourth-order valence-corrected chi connectivity index (χ4v) is 1.71. The fourth-order valence-electron chi connectivity index (χ4n) is 1.71. The van der Waals surface area contributed by atoms with Crippen LogP contribution in [0.15, 0.2) is 24.3 Å². The molecule has 0 saturated carbocycles. The van der Waals surface area contributed by atoms with Crippen molar-refractivity contribution in [2.45, 2.75) is 26.2 Å². The minimum atomic E-state index is -0.904. The Morgan fingerprint density at radius 3 is 2.72 bits per heavy atom. The fraction of sp³-hybridized carbons (Fsp3) is 0.500. The third-order valence-corrected chi connectivity index (χ3v) is 2.73. The van der Waals surface area contributed by atoms with Gasteiger partial charge in [-0.2, -0.15) is 0 Å². The molecule has 3 nitrogen and oxygen atoms in total. The van der Waals surface area contributed by atoms with Crippen LogP contribution >= 0.6 is 0 Å². The number of halogens is 1. The molecule has 1 N–H and O–H groups in total. The van der Waals surface area contributed by atoms with Crippen LogP contribution in [0, 0.1) is 11.7 Å². The van der Waals surface area contributed by atoms with E-state index in [2.05, 4.69) is 0 Å². The SMILES string of the molecule is CCCOCCC(Cc1ccccc1F)C(=O)O. The molecule has 0 amide bonds. The van der Waals surface area contributed by atoms with Crippen LogP contribution in [0.5, 0.6) is 0 Å². The summed E-state index contributed by atoms with van der Waals surface area (Å²) in [6.45, 7) is 3.03. The smallest absolute Gasteiger partial charge is 0.306 e. The van der Waals surface area contributed by atoms with Gasteiger partial charge in [0.2, 0.25) is 0 Å². The summed E-state index contributed by atoms with van der Waals surface area (Å²) in [7, 11) is 0. The van der Waals surface area contributed by atoms with Crippen molar-refractivity contribution in [3.05, 3.63) is 35.6 Å². The molecule has 0 aliphatic heterocycles. The first-order valence-electron chi connectivity index (χ1n) is 6.19. The van der Waals surface area contributed by atoms with Crippen molar-refractivity contribution in [3.8, 4) is 0 Å². The monoisotopic (exact) mass is 254 g/mol. The van der Waals surface area contributed by atoms with Gasteiger partial charge in [0.05, 0.1) is 5.92 Å². The van der Waals surface area contributed by atoms with E-state index in [0.29, 0.717) is 25.2 Å². The van der Waals surface area contributed by atoms with Gasteiger partial charge in [0, 0.05) is 13.2 Å². The average Bonchev–Trinajstić information content (AvgIpc) is 2.35. The molecule has 1 aromatic rings. The lowest BCUT2D eigenvalue weighted by molar-refractivity contribution is -0.142. The molecule has 0 fully saturated rings. The number of carboxylic acids is 1. The standard InChI is InChI=1S/C14H19FO3/c1-2-8-18-9-7-12(14(16)17)10-11-5-3-4-6-13(11)15/h3-6,12H,2,7-10H2,1H3,(H,16,17). The van der Waals surface area contributed by atoms with Crippen molar-refractivity contribution in [1.82, 2.24) is 0 Å². The molecule has 18 heavy (non-hydrogen) atoms. The number of hydrogen-bond donors (Lipinski definition) is 1. The van der Waals surface area contributed by atoms with E-state index in [1.807, 2.05) is 6.92 Å². The number of benzene rings is 1. The summed E-state index contributed by atoms with van der Waals surface area (Å²) >= 11 is 0. The molecule has 0 aliphatic rings. The highest BCUT2D eigenvalue weighted by Crippen LogP contribution is 2.16. The van der Waals surface area contributed by atoms with Crippen molar-refractivity contribution in [2.24, 2.45) is 5.92 Å². The third-order valence-electron chi connectivity index (χ3n) is 2.73. The maximum atomic E-state index is 13.4. The van der Waals surface area contributed by atoms with Crippen LogP contribution in [0.1, 0.15) is 25.3 Å². The van der Waals surface area contributed by atoms with Gasteiger partial charge < -0.3 is 9.84 Å². The van der Waals surface area contributed by atoms with Crippen LogP contribution in [0.2, 0.25) is 0 Å². The summed E-state index contributed by atoms with van der Waals surface area (Å²) in [6.07, 6.45) is 1.52. The van der Waals surface area contributed by atoms with Gasteiger partial charge in [-0.15, -0.1) is 0 Å². The molecule has 1 atom stereocenters. The van der Waals surface area contributed by atoms with Crippen LogP contribution in [0.4, 0.5) is 4.39 Å². The number of ether oxygens (including phenoxy) is 1. The first-order valence-corrected chi connectivity index (χ1v) is 6.19. The summed E-state index contributed by atoms with van der Waals surface area (Å²) < 4.78 is 18.7. The number of hydrogen-bond acceptors (Lipinski definition) is 2. The molecule has 0 heterocycles. The predicted molar refractivity (Wildman–Crippen MR) is 67.0 cm³/mol. The summed E-state index contributed by atoms with van der Waals surface area (Å²) in [6, 6.07) is 6.28. The van der Waals surface area contributed by atoms with Gasteiger partial charge >= 0.3 is 5.97 Å². The van der Waals surface area contributed by atoms with Crippen molar-refractivity contribution >= 4 is 5.97 Å². The zero-order valence-electron chi connectivity index (χ0n) is 10.6. The summed E-state index contributed by atoms with van der Waals surface area (Å²) in [5.41, 5.74) is 0.445. The molecule has 100 valence electrons. The number of rotatable bonds is 8. The second kappa shape index (κ2) is 7.82. The Morgan fingerprint density at radius 2 is 2.11 bits per heavy atom. The Hall–Kier alpha value is -1.42. The second-order valence-corrected chi connectivity index (χ2v) is 4.23. The van der Waals surface area contributed by atoms with E-state index in [1.54, 1.807) is 18.2 Å². The van der Waals surface area contributed by atoms with Gasteiger partial charge in [0.1, 0.15) is 5.82 Å². The molecule has 0 aromatic heterocycles. The highest BCUT2D eigenvalue weighted by atomic mass is 19.1. The van der Waals surface area contributed by atoms with Crippen molar-refractivity contribution in [1.29, 1.82) is 0 Å². The summed E-state index contributed by atoms with van der Waals surface area (Å²) in [4.78, 5) is 11.1. The van der Waals surface area contributed by atoms with Gasteiger partial charge in [-0.1, -0.05) is 25.1 Å². The molecule has 4 heteroatoms. The normalized spacial score (nSPS) is 12.3. The molecule has 0 bridgehead atoms. The minimum absolute atomic E-state index is 0.206. The van der Waals surface area contributed by atoms with Crippen LogP contribution in [-0.2, 0) is 16.0 Å². The average molecular weight is 254 g/mol. The lowest BCUT2D eigenvalue weighted by Gasteiger charge is -2.13. The van der Waals surface area contributed by atoms with E-state index < -0.39 is 11.9 Å². The second-order valence-electron chi connectivity index (χ2n) is 4.23. The molecular weight excluding hydrogens is 235 g/mol. The number of carbonyl (C=O) groups is 1. The highest BCUT2D eigenvalue weighted by molar-refractivity contribution is 5.70. The van der Waals surface area contributed by atoms with Crippen LogP contribution in [0.3, 0.4) is 0 Å². The lowest BCUT2D eigenvalue weighted by atomic mass is 9.96. The van der Waals surface area contributed by atoms with Crippen LogP contribution in [-0.4, -0.2) is 24.3 Å². The quantitative estimate of drug-likeness (QED) is 0.725. The molecule has 0 spiro atoms. The Labute approximate surface area is 107 Å². The number of aliphatic carboxylic acids is 1. The molecule has 0 saturated heterocycles. The van der Waals surface area contributed by atoms with Gasteiger partial charge in [0.25, 0.3) is 0 Å². The van der Waals surface area contributed by atoms with E-state index in [-0.39, 0.29) is 12.2 Å². The lowest BCUT2D eigenvalue weighted by Crippen LogP contribution is -2.19. The molecule has 0 aliphatic carbocycles. The minimum Gasteiger partial charge on any atom is -0.481 e. The Balaban J connectivity index is 2.53. The van der Waals surface area contributed by atoms with Crippen LogP contribution in [0.25, 0.3) is 0 Å². The Bertz CT molecular complexity index is 379. The summed E-state index contributed by atoms with van der Waals surface area (Å²) in [5, 5.41) is 9.10. The predicted octanol–water partition coefficient (Wildman–Crippen LogP) is 2.89. The third kappa shape index (κ3) is 4.84. The first-order chi connectivity index (χ1) is 8.65. The molecule has 1 rings (SSSR count). The molecular formula is C14H19FO3. The van der Waals surface area contributed by atoms with Gasteiger partial charge in [-0.25, -0.2) is 4.39 Å². The zero-order valence-corrected chi connectivity index (χ0v) is 10.6. The maximum absolute atomic E-state index is 13.4. The Kier molecular flexibility index (Phi) is 6.36. The molecule has 1 aromatic carbocycles. The largest absolute Gasteiger partial charge is 0.481 e. The van der Waals surface area contributed by atoms with Gasteiger partial charge in [-0.05, 0) is 30.9 Å². The zero-order chi connectivity index (χ0) is 13.4. The van der Waals surface area contributed by atoms with Crippen molar-refractivity contribution in [2.75, 3.05) is 13.2 Å². The van der Waals surface area contributed by atoms with Gasteiger partial charge in [-0.3, -0.25) is 4.79 Å².